The van der Waals surface area contributed by atoms with E-state index in [0.29, 0.717) is 11.7 Å². The van der Waals surface area contributed by atoms with E-state index in [2.05, 4.69) is 15.2 Å². The molecule has 110 valence electrons. The van der Waals surface area contributed by atoms with Crippen molar-refractivity contribution in [1.82, 2.24) is 15.2 Å². The zero-order chi connectivity index (χ0) is 14.0. The van der Waals surface area contributed by atoms with Gasteiger partial charge in [-0.25, -0.2) is 4.98 Å². The largest absolute Gasteiger partial charge is 0.438 e. The van der Waals surface area contributed by atoms with Crippen molar-refractivity contribution < 1.29 is 8.83 Å². The summed E-state index contributed by atoms with van der Waals surface area (Å²) in [6.07, 6.45) is 9.38. The van der Waals surface area contributed by atoms with Crippen molar-refractivity contribution in [1.29, 1.82) is 0 Å². The van der Waals surface area contributed by atoms with Crippen LogP contribution in [0.2, 0.25) is 0 Å². The Hall–Kier alpha value is -1.65. The molecule has 0 aromatic carbocycles. The zero-order valence-corrected chi connectivity index (χ0v) is 12.2. The van der Waals surface area contributed by atoms with Crippen molar-refractivity contribution in [3.05, 3.63) is 18.0 Å². The predicted octanol–water partition coefficient (Wildman–Crippen LogP) is 3.50. The zero-order valence-electron chi connectivity index (χ0n) is 12.2. The highest BCUT2D eigenvalue weighted by molar-refractivity contribution is 5.46. The Morgan fingerprint density at radius 1 is 1.05 bits per heavy atom. The maximum Gasteiger partial charge on any atom is 0.285 e. The summed E-state index contributed by atoms with van der Waals surface area (Å²) < 4.78 is 11.4. The Kier molecular flexibility index (Phi) is 2.25. The molecule has 0 saturated heterocycles. The third-order valence-corrected chi connectivity index (χ3v) is 5.86. The number of hydrogen-bond donors (Lipinski definition) is 0. The Balaban J connectivity index is 1.54. The van der Waals surface area contributed by atoms with Crippen LogP contribution in [-0.4, -0.2) is 15.2 Å². The summed E-state index contributed by atoms with van der Waals surface area (Å²) in [5, 5.41) is 8.63. The fourth-order valence-electron chi connectivity index (χ4n) is 5.41. The molecule has 5 nitrogen and oxygen atoms in total. The first-order valence-corrected chi connectivity index (χ1v) is 7.96. The third-order valence-electron chi connectivity index (χ3n) is 5.86. The van der Waals surface area contributed by atoms with Gasteiger partial charge in [-0.3, -0.25) is 0 Å². The van der Waals surface area contributed by atoms with Crippen LogP contribution >= 0.6 is 0 Å². The van der Waals surface area contributed by atoms with Crippen LogP contribution in [0.1, 0.15) is 50.1 Å². The minimum absolute atomic E-state index is 0.147. The summed E-state index contributed by atoms with van der Waals surface area (Å²) in [6.45, 7) is 1.90. The first-order valence-electron chi connectivity index (χ1n) is 7.96. The van der Waals surface area contributed by atoms with Crippen molar-refractivity contribution in [2.24, 2.45) is 17.8 Å². The van der Waals surface area contributed by atoms with Gasteiger partial charge in [0.05, 0.1) is 5.69 Å². The molecule has 0 aliphatic heterocycles. The first kappa shape index (κ1) is 12.0. The fourth-order valence-corrected chi connectivity index (χ4v) is 5.41. The van der Waals surface area contributed by atoms with E-state index in [1.165, 1.54) is 44.9 Å². The average molecular weight is 285 g/mol. The van der Waals surface area contributed by atoms with Gasteiger partial charge < -0.3 is 8.83 Å². The number of aromatic nitrogens is 3. The van der Waals surface area contributed by atoms with E-state index in [1.807, 2.05) is 6.92 Å². The van der Waals surface area contributed by atoms with Crippen LogP contribution in [0.3, 0.4) is 0 Å². The molecule has 2 aromatic rings. The summed E-state index contributed by atoms with van der Waals surface area (Å²) in [7, 11) is 0. The summed E-state index contributed by atoms with van der Waals surface area (Å²) in [5.41, 5.74) is 0.948. The molecule has 5 heteroatoms. The Bertz CT molecular complexity index is 652. The van der Waals surface area contributed by atoms with Crippen LogP contribution in [0.4, 0.5) is 0 Å². The highest BCUT2D eigenvalue weighted by Crippen LogP contribution is 2.60. The second kappa shape index (κ2) is 3.96. The molecule has 4 fully saturated rings. The Morgan fingerprint density at radius 3 is 2.29 bits per heavy atom. The van der Waals surface area contributed by atoms with Crippen LogP contribution in [0.25, 0.3) is 11.7 Å². The minimum atomic E-state index is 0.147. The number of nitrogens with zero attached hydrogens (tertiary/aromatic N) is 3. The highest BCUT2D eigenvalue weighted by Gasteiger charge is 2.54. The molecular formula is C16H19N3O2. The fraction of sp³-hybridized carbons (Fsp3) is 0.688. The van der Waals surface area contributed by atoms with Gasteiger partial charge in [-0.05, 0) is 63.2 Å². The van der Waals surface area contributed by atoms with Gasteiger partial charge in [-0.1, -0.05) is 0 Å². The first-order chi connectivity index (χ1) is 10.2. The summed E-state index contributed by atoms with van der Waals surface area (Å²) in [5.74, 6) is 4.55. The molecule has 0 atom stereocenters. The summed E-state index contributed by atoms with van der Waals surface area (Å²) >= 11 is 0. The quantitative estimate of drug-likeness (QED) is 0.845. The second-order valence-electron chi connectivity index (χ2n) is 7.38. The standard InChI is InChI=1S/C16H19N3O2/c1-9-13(20-8-17-9)14-18-19-15(21-14)16-5-10-2-11(6-16)4-12(3-10)7-16/h8,10-12H,2-7H2,1H3. The van der Waals surface area contributed by atoms with E-state index < -0.39 is 0 Å². The molecule has 0 radical (unpaired) electrons. The monoisotopic (exact) mass is 285 g/mol. The predicted molar refractivity (Wildman–Crippen MR) is 74.4 cm³/mol. The van der Waals surface area contributed by atoms with Crippen LogP contribution in [0.5, 0.6) is 0 Å². The molecule has 21 heavy (non-hydrogen) atoms. The number of oxazole rings is 1. The molecule has 6 rings (SSSR count). The smallest absolute Gasteiger partial charge is 0.285 e. The summed E-state index contributed by atoms with van der Waals surface area (Å²) in [4.78, 5) is 4.10. The lowest BCUT2D eigenvalue weighted by Crippen LogP contribution is -2.48. The third kappa shape index (κ3) is 1.66. The van der Waals surface area contributed by atoms with E-state index in [1.54, 1.807) is 0 Å². The lowest BCUT2D eigenvalue weighted by Gasteiger charge is -2.55. The molecule has 4 saturated carbocycles. The highest BCUT2D eigenvalue weighted by atomic mass is 16.4. The van der Waals surface area contributed by atoms with Crippen molar-refractivity contribution in [2.75, 3.05) is 0 Å². The number of rotatable bonds is 2. The van der Waals surface area contributed by atoms with Gasteiger partial charge >= 0.3 is 0 Å². The molecule has 4 aliphatic rings. The Morgan fingerprint density at radius 2 is 1.71 bits per heavy atom. The maximum absolute atomic E-state index is 6.04. The van der Waals surface area contributed by atoms with E-state index in [0.717, 1.165) is 29.3 Å². The van der Waals surface area contributed by atoms with Gasteiger partial charge in [-0.15, -0.1) is 10.2 Å². The molecule has 0 spiro atoms. The van der Waals surface area contributed by atoms with Gasteiger partial charge in [-0.2, -0.15) is 0 Å². The molecular weight excluding hydrogens is 266 g/mol. The molecule has 0 amide bonds. The van der Waals surface area contributed by atoms with E-state index in [-0.39, 0.29) is 5.41 Å². The number of aryl methyl sites for hydroxylation is 1. The SMILES string of the molecule is Cc1ncoc1-c1nnc(C23CC4CC(CC(C4)C2)C3)o1. The van der Waals surface area contributed by atoms with Crippen molar-refractivity contribution in [3.63, 3.8) is 0 Å². The van der Waals surface area contributed by atoms with Gasteiger partial charge in [0.2, 0.25) is 11.7 Å². The average Bonchev–Trinajstić information content (AvgIpc) is 3.05. The minimum Gasteiger partial charge on any atom is -0.438 e. The topological polar surface area (TPSA) is 65.0 Å². The van der Waals surface area contributed by atoms with Gasteiger partial charge in [0.25, 0.3) is 5.89 Å². The number of hydrogen-bond acceptors (Lipinski definition) is 5. The normalized spacial score (nSPS) is 37.3. The van der Waals surface area contributed by atoms with Crippen LogP contribution < -0.4 is 0 Å². The molecule has 4 bridgehead atoms. The van der Waals surface area contributed by atoms with Gasteiger partial charge in [0, 0.05) is 5.41 Å². The van der Waals surface area contributed by atoms with E-state index in [4.69, 9.17) is 8.83 Å². The van der Waals surface area contributed by atoms with Crippen molar-refractivity contribution in [3.8, 4) is 11.7 Å². The molecule has 2 aromatic heterocycles. The lowest BCUT2D eigenvalue weighted by molar-refractivity contribution is -0.0176. The van der Waals surface area contributed by atoms with Crippen LogP contribution in [0.15, 0.2) is 15.2 Å². The molecule has 0 N–H and O–H groups in total. The lowest BCUT2D eigenvalue weighted by atomic mass is 9.49. The van der Waals surface area contributed by atoms with E-state index in [9.17, 15) is 0 Å². The maximum atomic E-state index is 6.04. The van der Waals surface area contributed by atoms with Gasteiger partial charge in [0.1, 0.15) is 0 Å². The van der Waals surface area contributed by atoms with Crippen molar-refractivity contribution in [2.45, 2.75) is 50.9 Å². The molecule has 2 heterocycles. The van der Waals surface area contributed by atoms with Crippen LogP contribution in [-0.2, 0) is 5.41 Å². The van der Waals surface area contributed by atoms with Gasteiger partial charge in [0.15, 0.2) is 6.39 Å². The van der Waals surface area contributed by atoms with E-state index >= 15 is 0 Å². The molecule has 4 aliphatic carbocycles. The van der Waals surface area contributed by atoms with Crippen molar-refractivity contribution >= 4 is 0 Å². The Labute approximate surface area is 123 Å². The summed E-state index contributed by atoms with van der Waals surface area (Å²) in [6, 6.07) is 0. The molecule has 0 unspecified atom stereocenters. The second-order valence-corrected chi connectivity index (χ2v) is 7.38. The van der Waals surface area contributed by atoms with Crippen LogP contribution in [0, 0.1) is 24.7 Å².